The Bertz CT molecular complexity index is 895. The first kappa shape index (κ1) is 20.4. The van der Waals surface area contributed by atoms with Crippen molar-refractivity contribution in [3.05, 3.63) is 64.6 Å². The van der Waals surface area contributed by atoms with Crippen LogP contribution in [0, 0.1) is 6.92 Å². The van der Waals surface area contributed by atoms with Gasteiger partial charge in [-0.05, 0) is 49.2 Å². The molecule has 1 heterocycles. The van der Waals surface area contributed by atoms with E-state index in [0.29, 0.717) is 29.0 Å². The van der Waals surface area contributed by atoms with E-state index in [9.17, 15) is 4.79 Å². The molecule has 28 heavy (non-hydrogen) atoms. The number of benzene rings is 2. The van der Waals surface area contributed by atoms with Gasteiger partial charge in [0.25, 0.3) is 5.91 Å². The highest BCUT2D eigenvalue weighted by atomic mass is 32.2. The molecule has 6 heteroatoms. The largest absolute Gasteiger partial charge is 0.493 e. The fraction of sp³-hybridized carbons (Fsp3) is 0.273. The van der Waals surface area contributed by atoms with Gasteiger partial charge < -0.3 is 9.47 Å². The zero-order valence-electron chi connectivity index (χ0n) is 16.0. The number of amides is 1. The van der Waals surface area contributed by atoms with E-state index in [1.54, 1.807) is 4.90 Å². The Labute approximate surface area is 175 Å². The number of likely N-dealkylation sites (N-methyl/N-ethyl adjacent to an activating group) is 1. The summed E-state index contributed by atoms with van der Waals surface area (Å²) < 4.78 is 12.2. The van der Waals surface area contributed by atoms with Gasteiger partial charge in [-0.15, -0.1) is 0 Å². The first-order chi connectivity index (χ1) is 13.6. The second-order valence-electron chi connectivity index (χ2n) is 6.31. The van der Waals surface area contributed by atoms with Crippen molar-refractivity contribution in [1.29, 1.82) is 0 Å². The molecule has 2 aromatic rings. The molecular weight excluding hydrogens is 390 g/mol. The van der Waals surface area contributed by atoms with Crippen molar-refractivity contribution < 1.29 is 14.3 Å². The zero-order valence-corrected chi connectivity index (χ0v) is 17.6. The SMILES string of the molecule is CCN1C(=O)/C(=C\c2cccc(OCCCOc3ccccc3C)c2)SC1=S. The van der Waals surface area contributed by atoms with Crippen molar-refractivity contribution in [2.45, 2.75) is 20.3 Å². The van der Waals surface area contributed by atoms with E-state index in [-0.39, 0.29) is 5.91 Å². The number of aryl methyl sites for hydroxylation is 1. The van der Waals surface area contributed by atoms with Gasteiger partial charge in [0, 0.05) is 13.0 Å². The highest BCUT2D eigenvalue weighted by Crippen LogP contribution is 2.32. The molecule has 3 rings (SSSR count). The second kappa shape index (κ2) is 9.75. The van der Waals surface area contributed by atoms with Gasteiger partial charge in [-0.2, -0.15) is 0 Å². The summed E-state index contributed by atoms with van der Waals surface area (Å²) >= 11 is 6.59. The lowest BCUT2D eigenvalue weighted by molar-refractivity contribution is -0.121. The molecule has 0 spiro atoms. The van der Waals surface area contributed by atoms with Crippen molar-refractivity contribution in [3.8, 4) is 11.5 Å². The molecule has 0 aliphatic carbocycles. The van der Waals surface area contributed by atoms with Gasteiger partial charge >= 0.3 is 0 Å². The molecule has 1 saturated heterocycles. The van der Waals surface area contributed by atoms with Gasteiger partial charge in [0.05, 0.1) is 18.1 Å². The summed E-state index contributed by atoms with van der Waals surface area (Å²) in [6, 6.07) is 15.7. The van der Waals surface area contributed by atoms with Crippen LogP contribution in [0.5, 0.6) is 11.5 Å². The maximum atomic E-state index is 12.3. The molecule has 1 fully saturated rings. The van der Waals surface area contributed by atoms with Gasteiger partial charge in [0.15, 0.2) is 0 Å². The van der Waals surface area contributed by atoms with Gasteiger partial charge in [-0.1, -0.05) is 54.3 Å². The third kappa shape index (κ3) is 5.14. The summed E-state index contributed by atoms with van der Waals surface area (Å²) in [6.45, 7) is 5.71. The minimum Gasteiger partial charge on any atom is -0.493 e. The van der Waals surface area contributed by atoms with Crippen LogP contribution in [0.3, 0.4) is 0 Å². The second-order valence-corrected chi connectivity index (χ2v) is 7.99. The summed E-state index contributed by atoms with van der Waals surface area (Å²) in [5.74, 6) is 1.65. The fourth-order valence-electron chi connectivity index (χ4n) is 2.77. The maximum Gasteiger partial charge on any atom is 0.266 e. The quantitative estimate of drug-likeness (QED) is 0.343. The average Bonchev–Trinajstić information content (AvgIpc) is 2.96. The first-order valence-corrected chi connectivity index (χ1v) is 10.5. The van der Waals surface area contributed by atoms with E-state index in [4.69, 9.17) is 21.7 Å². The fourth-order valence-corrected chi connectivity index (χ4v) is 4.15. The predicted molar refractivity (Wildman–Crippen MR) is 119 cm³/mol. The first-order valence-electron chi connectivity index (χ1n) is 9.25. The summed E-state index contributed by atoms with van der Waals surface area (Å²) in [6.07, 6.45) is 2.65. The Morgan fingerprint density at radius 3 is 2.64 bits per heavy atom. The van der Waals surface area contributed by atoms with Gasteiger partial charge in [0.2, 0.25) is 0 Å². The van der Waals surface area contributed by atoms with Crippen LogP contribution in [-0.2, 0) is 4.79 Å². The number of ether oxygens (including phenoxy) is 2. The molecule has 1 aliphatic rings. The normalized spacial score (nSPS) is 15.4. The number of thioether (sulfide) groups is 1. The topological polar surface area (TPSA) is 38.8 Å². The van der Waals surface area contributed by atoms with Crippen LogP contribution in [0.1, 0.15) is 24.5 Å². The molecule has 0 atom stereocenters. The monoisotopic (exact) mass is 413 g/mol. The van der Waals surface area contributed by atoms with Crippen LogP contribution < -0.4 is 9.47 Å². The molecule has 0 unspecified atom stereocenters. The highest BCUT2D eigenvalue weighted by Gasteiger charge is 2.30. The molecule has 0 saturated carbocycles. The van der Waals surface area contributed by atoms with Crippen molar-refractivity contribution in [2.24, 2.45) is 0 Å². The number of hydrogen-bond donors (Lipinski definition) is 0. The summed E-state index contributed by atoms with van der Waals surface area (Å²) in [4.78, 5) is 14.6. The molecule has 1 amide bonds. The van der Waals surface area contributed by atoms with E-state index < -0.39 is 0 Å². The van der Waals surface area contributed by atoms with Crippen molar-refractivity contribution >= 4 is 40.3 Å². The standard InChI is InChI=1S/C22H23NO3S2/c1-3-23-21(24)20(28-22(23)27)15-17-9-6-10-18(14-17)25-12-7-13-26-19-11-5-4-8-16(19)2/h4-6,8-11,14-15H,3,7,12-13H2,1-2H3/b20-15+. The van der Waals surface area contributed by atoms with E-state index in [1.165, 1.54) is 11.8 Å². The van der Waals surface area contributed by atoms with E-state index in [2.05, 4.69) is 0 Å². The van der Waals surface area contributed by atoms with Crippen molar-refractivity contribution in [2.75, 3.05) is 19.8 Å². The molecule has 0 radical (unpaired) electrons. The number of carbonyl (C=O) groups is 1. The third-order valence-corrected chi connectivity index (χ3v) is 5.63. The molecule has 2 aromatic carbocycles. The summed E-state index contributed by atoms with van der Waals surface area (Å²) in [5.41, 5.74) is 2.05. The Balaban J connectivity index is 1.51. The maximum absolute atomic E-state index is 12.3. The lowest BCUT2D eigenvalue weighted by Crippen LogP contribution is -2.27. The van der Waals surface area contributed by atoms with Crippen LogP contribution >= 0.6 is 24.0 Å². The molecule has 0 bridgehead atoms. The van der Waals surface area contributed by atoms with Gasteiger partial charge in [0.1, 0.15) is 15.8 Å². The molecule has 4 nitrogen and oxygen atoms in total. The predicted octanol–water partition coefficient (Wildman–Crippen LogP) is 5.06. The lowest BCUT2D eigenvalue weighted by atomic mass is 10.2. The lowest BCUT2D eigenvalue weighted by Gasteiger charge is -2.10. The van der Waals surface area contributed by atoms with Crippen LogP contribution in [0.2, 0.25) is 0 Å². The molecule has 0 aromatic heterocycles. The van der Waals surface area contributed by atoms with Gasteiger partial charge in [-0.3, -0.25) is 9.69 Å². The Morgan fingerprint density at radius 1 is 1.11 bits per heavy atom. The van der Waals surface area contributed by atoms with E-state index >= 15 is 0 Å². The molecule has 1 aliphatic heterocycles. The Hall–Kier alpha value is -2.31. The number of hydrogen-bond acceptors (Lipinski definition) is 5. The summed E-state index contributed by atoms with van der Waals surface area (Å²) in [5, 5.41) is 0. The smallest absolute Gasteiger partial charge is 0.266 e. The van der Waals surface area contributed by atoms with Crippen LogP contribution in [0.25, 0.3) is 6.08 Å². The van der Waals surface area contributed by atoms with Crippen molar-refractivity contribution in [3.63, 3.8) is 0 Å². The zero-order chi connectivity index (χ0) is 19.9. The number of rotatable bonds is 8. The average molecular weight is 414 g/mol. The van der Waals surface area contributed by atoms with E-state index in [0.717, 1.165) is 29.0 Å². The Kier molecular flexibility index (Phi) is 7.12. The van der Waals surface area contributed by atoms with Gasteiger partial charge in [-0.25, -0.2) is 0 Å². The number of carbonyl (C=O) groups excluding carboxylic acids is 1. The Morgan fingerprint density at radius 2 is 1.89 bits per heavy atom. The minimum absolute atomic E-state index is 0.0304. The van der Waals surface area contributed by atoms with E-state index in [1.807, 2.05) is 68.5 Å². The summed E-state index contributed by atoms with van der Waals surface area (Å²) in [7, 11) is 0. The van der Waals surface area contributed by atoms with Crippen molar-refractivity contribution in [1.82, 2.24) is 4.90 Å². The van der Waals surface area contributed by atoms with Crippen LogP contribution in [0.15, 0.2) is 53.4 Å². The molecule has 146 valence electrons. The number of thiocarbonyl (C=S) groups is 1. The highest BCUT2D eigenvalue weighted by molar-refractivity contribution is 8.26. The third-order valence-electron chi connectivity index (χ3n) is 4.25. The molecule has 0 N–H and O–H groups in total. The molecular formula is C22H23NO3S2. The van der Waals surface area contributed by atoms with Crippen LogP contribution in [-0.4, -0.2) is 34.9 Å². The number of para-hydroxylation sites is 1. The minimum atomic E-state index is -0.0304. The number of nitrogens with zero attached hydrogens (tertiary/aromatic N) is 1. The van der Waals surface area contributed by atoms with Crippen LogP contribution in [0.4, 0.5) is 0 Å².